The molecule has 1 fully saturated rings. The number of hydrogen-bond acceptors (Lipinski definition) is 4. The molecular formula is C10H15BrClN3O2S. The van der Waals surface area contributed by atoms with Crippen molar-refractivity contribution in [1.82, 2.24) is 9.29 Å². The summed E-state index contributed by atoms with van der Waals surface area (Å²) in [6.07, 6.45) is 3.76. The van der Waals surface area contributed by atoms with Gasteiger partial charge in [0.1, 0.15) is 4.90 Å². The first-order chi connectivity index (χ1) is 8.04. The molecule has 0 aliphatic carbocycles. The highest BCUT2D eigenvalue weighted by atomic mass is 79.9. The van der Waals surface area contributed by atoms with E-state index in [1.807, 2.05) is 0 Å². The molecule has 102 valence electrons. The number of rotatable bonds is 3. The van der Waals surface area contributed by atoms with E-state index < -0.39 is 10.0 Å². The van der Waals surface area contributed by atoms with E-state index in [-0.39, 0.29) is 23.2 Å². The number of hydrogen-bond donors (Lipinski definition) is 1. The highest BCUT2D eigenvalue weighted by Crippen LogP contribution is 2.24. The highest BCUT2D eigenvalue weighted by molar-refractivity contribution is 9.10. The zero-order chi connectivity index (χ0) is 12.5. The highest BCUT2D eigenvalue weighted by Gasteiger charge is 2.32. The Hall–Kier alpha value is -0.210. The maximum absolute atomic E-state index is 12.3. The number of aromatic nitrogens is 1. The van der Waals surface area contributed by atoms with Crippen LogP contribution in [0.2, 0.25) is 0 Å². The summed E-state index contributed by atoms with van der Waals surface area (Å²) in [5.74, 6) is 0.268. The zero-order valence-electron chi connectivity index (χ0n) is 9.62. The molecule has 0 bridgehead atoms. The van der Waals surface area contributed by atoms with Crippen LogP contribution in [-0.2, 0) is 10.0 Å². The average Bonchev–Trinajstić information content (AvgIpc) is 2.78. The molecule has 1 aliphatic heterocycles. The molecule has 1 aliphatic rings. The first-order valence-corrected chi connectivity index (χ1v) is 7.58. The van der Waals surface area contributed by atoms with Crippen LogP contribution in [0.3, 0.4) is 0 Å². The molecule has 1 saturated heterocycles. The first-order valence-electron chi connectivity index (χ1n) is 5.35. The summed E-state index contributed by atoms with van der Waals surface area (Å²) < 4.78 is 26.7. The largest absolute Gasteiger partial charge is 0.330 e. The topological polar surface area (TPSA) is 76.3 Å². The van der Waals surface area contributed by atoms with Crippen molar-refractivity contribution in [1.29, 1.82) is 0 Å². The van der Waals surface area contributed by atoms with Crippen molar-refractivity contribution in [2.45, 2.75) is 11.3 Å². The molecule has 0 radical (unpaired) electrons. The summed E-state index contributed by atoms with van der Waals surface area (Å²) in [5, 5.41) is 0. The monoisotopic (exact) mass is 355 g/mol. The smallest absolute Gasteiger partial charge is 0.244 e. The van der Waals surface area contributed by atoms with Crippen molar-refractivity contribution in [2.75, 3.05) is 19.6 Å². The Morgan fingerprint density at radius 1 is 1.50 bits per heavy atom. The third-order valence-corrected chi connectivity index (χ3v) is 5.16. The Morgan fingerprint density at radius 2 is 2.22 bits per heavy atom. The number of halogens is 2. The molecule has 5 nitrogen and oxygen atoms in total. The zero-order valence-corrected chi connectivity index (χ0v) is 12.8. The van der Waals surface area contributed by atoms with Crippen molar-refractivity contribution in [2.24, 2.45) is 11.7 Å². The van der Waals surface area contributed by atoms with Gasteiger partial charge in [-0.05, 0) is 40.9 Å². The SMILES string of the molecule is Cl.NCC1CCN(S(=O)(=O)c2cncc(Br)c2)C1. The molecule has 2 heterocycles. The fraction of sp³-hybridized carbons (Fsp3) is 0.500. The summed E-state index contributed by atoms with van der Waals surface area (Å²) >= 11 is 3.22. The second-order valence-electron chi connectivity index (χ2n) is 4.09. The predicted octanol–water partition coefficient (Wildman–Crippen LogP) is 1.24. The van der Waals surface area contributed by atoms with Crippen molar-refractivity contribution in [3.63, 3.8) is 0 Å². The van der Waals surface area contributed by atoms with Crippen LogP contribution in [-0.4, -0.2) is 37.3 Å². The lowest BCUT2D eigenvalue weighted by atomic mass is 10.1. The van der Waals surface area contributed by atoms with Crippen LogP contribution in [0.25, 0.3) is 0 Å². The van der Waals surface area contributed by atoms with E-state index in [9.17, 15) is 8.42 Å². The van der Waals surface area contributed by atoms with Gasteiger partial charge in [-0.2, -0.15) is 4.31 Å². The van der Waals surface area contributed by atoms with Gasteiger partial charge >= 0.3 is 0 Å². The second kappa shape index (κ2) is 6.29. The number of sulfonamides is 1. The van der Waals surface area contributed by atoms with E-state index in [0.717, 1.165) is 6.42 Å². The van der Waals surface area contributed by atoms with Crippen LogP contribution >= 0.6 is 28.3 Å². The standard InChI is InChI=1S/C10H14BrN3O2S.ClH/c11-9-3-10(6-13-5-9)17(15,16)14-2-1-8(4-12)7-14;/h3,5-6,8H,1-2,4,7,12H2;1H. The lowest BCUT2D eigenvalue weighted by molar-refractivity contribution is 0.459. The molecule has 8 heteroatoms. The van der Waals surface area contributed by atoms with Crippen LogP contribution in [0.4, 0.5) is 0 Å². The Morgan fingerprint density at radius 3 is 2.78 bits per heavy atom. The number of nitrogens with zero attached hydrogens (tertiary/aromatic N) is 2. The summed E-state index contributed by atoms with van der Waals surface area (Å²) in [4.78, 5) is 4.11. The van der Waals surface area contributed by atoms with E-state index in [1.54, 1.807) is 12.3 Å². The third-order valence-electron chi connectivity index (χ3n) is 2.90. The Kier molecular flexibility index (Phi) is 5.54. The van der Waals surface area contributed by atoms with E-state index in [2.05, 4.69) is 20.9 Å². The van der Waals surface area contributed by atoms with E-state index in [0.29, 0.717) is 24.1 Å². The Labute approximate surface area is 121 Å². The van der Waals surface area contributed by atoms with Crippen molar-refractivity contribution in [3.8, 4) is 0 Å². The summed E-state index contributed by atoms with van der Waals surface area (Å²) in [7, 11) is -3.42. The van der Waals surface area contributed by atoms with Gasteiger partial charge in [0.15, 0.2) is 0 Å². The molecule has 1 aromatic rings. The van der Waals surface area contributed by atoms with Crippen LogP contribution in [0.15, 0.2) is 27.8 Å². The summed E-state index contributed by atoms with van der Waals surface area (Å²) in [5.41, 5.74) is 5.56. The molecular weight excluding hydrogens is 342 g/mol. The normalized spacial score (nSPS) is 20.7. The Bertz CT molecular complexity index is 512. The minimum absolute atomic E-state index is 0. The maximum atomic E-state index is 12.3. The fourth-order valence-corrected chi connectivity index (χ4v) is 3.93. The Balaban J connectivity index is 0.00000162. The lowest BCUT2D eigenvalue weighted by Crippen LogP contribution is -2.30. The molecule has 1 unspecified atom stereocenters. The molecule has 0 spiro atoms. The molecule has 1 atom stereocenters. The molecule has 0 saturated carbocycles. The average molecular weight is 357 g/mol. The molecule has 0 aromatic carbocycles. The van der Waals surface area contributed by atoms with Gasteiger partial charge in [0.05, 0.1) is 0 Å². The van der Waals surface area contributed by atoms with Gasteiger partial charge in [0.2, 0.25) is 10.0 Å². The quantitative estimate of drug-likeness (QED) is 0.884. The van der Waals surface area contributed by atoms with Gasteiger partial charge < -0.3 is 5.73 Å². The van der Waals surface area contributed by atoms with E-state index >= 15 is 0 Å². The van der Waals surface area contributed by atoms with Gasteiger partial charge in [-0.15, -0.1) is 12.4 Å². The minimum Gasteiger partial charge on any atom is -0.330 e. The second-order valence-corrected chi connectivity index (χ2v) is 6.95. The van der Waals surface area contributed by atoms with Gasteiger partial charge in [-0.1, -0.05) is 0 Å². The van der Waals surface area contributed by atoms with Gasteiger partial charge in [0.25, 0.3) is 0 Å². The fourth-order valence-electron chi connectivity index (χ4n) is 1.89. The van der Waals surface area contributed by atoms with Crippen molar-refractivity contribution >= 4 is 38.4 Å². The van der Waals surface area contributed by atoms with E-state index in [4.69, 9.17) is 5.73 Å². The molecule has 2 N–H and O–H groups in total. The van der Waals surface area contributed by atoms with Crippen molar-refractivity contribution < 1.29 is 8.42 Å². The molecule has 18 heavy (non-hydrogen) atoms. The maximum Gasteiger partial charge on any atom is 0.244 e. The van der Waals surface area contributed by atoms with Gasteiger partial charge in [-0.25, -0.2) is 8.42 Å². The van der Waals surface area contributed by atoms with Crippen LogP contribution in [0, 0.1) is 5.92 Å². The lowest BCUT2D eigenvalue weighted by Gasteiger charge is -2.16. The molecule has 1 aromatic heterocycles. The third kappa shape index (κ3) is 3.21. The summed E-state index contributed by atoms with van der Waals surface area (Å²) in [6, 6.07) is 1.57. The van der Waals surface area contributed by atoms with Crippen molar-refractivity contribution in [3.05, 3.63) is 22.9 Å². The molecule has 2 rings (SSSR count). The number of pyridine rings is 1. The van der Waals surface area contributed by atoms with Crippen LogP contribution < -0.4 is 5.73 Å². The first kappa shape index (κ1) is 15.8. The number of nitrogens with two attached hydrogens (primary N) is 1. The minimum atomic E-state index is -3.42. The van der Waals surface area contributed by atoms with E-state index in [1.165, 1.54) is 10.5 Å². The van der Waals surface area contributed by atoms with Crippen LogP contribution in [0.1, 0.15) is 6.42 Å². The predicted molar refractivity (Wildman–Crippen MR) is 75.1 cm³/mol. The molecule has 0 amide bonds. The van der Waals surface area contributed by atoms with Crippen LogP contribution in [0.5, 0.6) is 0 Å². The summed E-state index contributed by atoms with van der Waals surface area (Å²) in [6.45, 7) is 1.57. The van der Waals surface area contributed by atoms with Gasteiger partial charge in [-0.3, -0.25) is 4.98 Å². The van der Waals surface area contributed by atoms with Gasteiger partial charge in [0, 0.05) is 30.0 Å².